The number of H-pyrrole nitrogens is 1. The van der Waals surface area contributed by atoms with E-state index >= 15 is 0 Å². The number of hydrogen-bond donors (Lipinski definition) is 1. The number of pyridine rings is 3. The van der Waals surface area contributed by atoms with Gasteiger partial charge in [-0.1, -0.05) is 11.6 Å². The number of hydrogen-bond acceptors (Lipinski definition) is 4. The Morgan fingerprint density at radius 3 is 2.65 bits per heavy atom. The van der Waals surface area contributed by atoms with Crippen LogP contribution in [0.1, 0.15) is 11.3 Å². The van der Waals surface area contributed by atoms with Crippen LogP contribution in [0, 0.1) is 18.3 Å². The number of nitriles is 1. The molecular weight excluding hydrogens is 410 g/mol. The van der Waals surface area contributed by atoms with Crippen molar-refractivity contribution in [3.8, 4) is 28.6 Å². The number of nitrogens with zero attached hydrogens (tertiary/aromatic N) is 4. The Kier molecular flexibility index (Phi) is 4.35. The maximum Gasteiger partial charge on any atom is 0.249 e. The highest BCUT2D eigenvalue weighted by Crippen LogP contribution is 2.36. The molecule has 0 aliphatic rings. The standard InChI is InChI=1S/C24H16ClN5O/c1-13-7-16(11-21(25)27-13)18-9-15-4-6-22(31)28-24(15)29-23(18)20-10-17-8-14(12-26)3-5-19(17)30(20)2/h3-11H,1-2H3,(H,28,29,31). The minimum atomic E-state index is -0.211. The van der Waals surface area contributed by atoms with Gasteiger partial charge in [-0.05, 0) is 61.0 Å². The third-order valence-corrected chi connectivity index (χ3v) is 5.55. The van der Waals surface area contributed by atoms with Crippen LogP contribution in [0.4, 0.5) is 0 Å². The maximum absolute atomic E-state index is 11.9. The van der Waals surface area contributed by atoms with Gasteiger partial charge in [0, 0.05) is 40.7 Å². The van der Waals surface area contributed by atoms with E-state index in [-0.39, 0.29) is 5.56 Å². The summed E-state index contributed by atoms with van der Waals surface area (Å²) < 4.78 is 2.03. The molecule has 0 spiro atoms. The minimum absolute atomic E-state index is 0.211. The Labute approximate surface area is 182 Å². The molecule has 1 N–H and O–H groups in total. The van der Waals surface area contributed by atoms with Crippen LogP contribution in [-0.4, -0.2) is 19.5 Å². The summed E-state index contributed by atoms with van der Waals surface area (Å²) >= 11 is 6.25. The highest BCUT2D eigenvalue weighted by Gasteiger charge is 2.17. The van der Waals surface area contributed by atoms with E-state index in [0.717, 1.165) is 38.8 Å². The normalized spacial score (nSPS) is 11.2. The van der Waals surface area contributed by atoms with E-state index in [9.17, 15) is 10.1 Å². The van der Waals surface area contributed by atoms with Crippen molar-refractivity contribution >= 4 is 33.5 Å². The minimum Gasteiger partial charge on any atom is -0.342 e. The third kappa shape index (κ3) is 3.25. The van der Waals surface area contributed by atoms with E-state index in [2.05, 4.69) is 16.0 Å². The second kappa shape index (κ2) is 7.08. The van der Waals surface area contributed by atoms with Crippen LogP contribution in [0.2, 0.25) is 5.15 Å². The first kappa shape index (κ1) is 19.0. The number of aromatic amines is 1. The molecular formula is C24H16ClN5O. The molecule has 0 fully saturated rings. The summed E-state index contributed by atoms with van der Waals surface area (Å²) in [6, 6.07) is 18.8. The van der Waals surface area contributed by atoms with Crippen LogP contribution in [0.3, 0.4) is 0 Å². The van der Waals surface area contributed by atoms with E-state index in [1.54, 1.807) is 12.1 Å². The molecule has 4 heterocycles. The molecule has 5 rings (SSSR count). The van der Waals surface area contributed by atoms with E-state index in [0.29, 0.717) is 22.1 Å². The van der Waals surface area contributed by atoms with Crippen LogP contribution in [0.15, 0.2) is 59.4 Å². The van der Waals surface area contributed by atoms with Crippen molar-refractivity contribution in [2.45, 2.75) is 6.92 Å². The molecule has 0 saturated carbocycles. The van der Waals surface area contributed by atoms with Crippen molar-refractivity contribution in [1.82, 2.24) is 19.5 Å². The summed E-state index contributed by atoms with van der Waals surface area (Å²) in [5.41, 5.74) is 5.98. The smallest absolute Gasteiger partial charge is 0.249 e. The first-order chi connectivity index (χ1) is 14.9. The van der Waals surface area contributed by atoms with E-state index in [1.807, 2.05) is 54.9 Å². The van der Waals surface area contributed by atoms with E-state index in [4.69, 9.17) is 16.6 Å². The molecule has 0 radical (unpaired) electrons. The molecule has 150 valence electrons. The Hall–Kier alpha value is -3.95. The van der Waals surface area contributed by atoms with Gasteiger partial charge in [0.1, 0.15) is 10.8 Å². The van der Waals surface area contributed by atoms with Crippen molar-refractivity contribution in [2.24, 2.45) is 7.05 Å². The Bertz CT molecular complexity index is 1590. The zero-order valence-electron chi connectivity index (χ0n) is 16.8. The average molecular weight is 426 g/mol. The van der Waals surface area contributed by atoms with Gasteiger partial charge in [0.2, 0.25) is 5.56 Å². The highest BCUT2D eigenvalue weighted by atomic mass is 35.5. The summed E-state index contributed by atoms with van der Waals surface area (Å²) in [5.74, 6) is 0. The number of halogens is 1. The van der Waals surface area contributed by atoms with E-state index in [1.165, 1.54) is 6.07 Å². The van der Waals surface area contributed by atoms with Gasteiger partial charge in [0.25, 0.3) is 0 Å². The molecule has 0 bridgehead atoms. The van der Waals surface area contributed by atoms with Crippen molar-refractivity contribution in [1.29, 1.82) is 5.26 Å². The fourth-order valence-electron chi connectivity index (χ4n) is 3.92. The number of fused-ring (bicyclic) bond motifs is 2. The summed E-state index contributed by atoms with van der Waals surface area (Å²) in [4.78, 5) is 23.8. The van der Waals surface area contributed by atoms with Gasteiger partial charge < -0.3 is 9.55 Å². The summed E-state index contributed by atoms with van der Waals surface area (Å²) in [5, 5.41) is 11.4. The molecule has 0 amide bonds. The first-order valence-corrected chi connectivity index (χ1v) is 9.99. The lowest BCUT2D eigenvalue weighted by atomic mass is 10.0. The largest absolute Gasteiger partial charge is 0.342 e. The lowest BCUT2D eigenvalue weighted by Gasteiger charge is -2.13. The van der Waals surface area contributed by atoms with E-state index < -0.39 is 0 Å². The number of aryl methyl sites for hydroxylation is 2. The van der Waals surface area contributed by atoms with Gasteiger partial charge in [-0.2, -0.15) is 5.26 Å². The first-order valence-electron chi connectivity index (χ1n) is 9.61. The van der Waals surface area contributed by atoms with Gasteiger partial charge in [0.05, 0.1) is 23.0 Å². The highest BCUT2D eigenvalue weighted by molar-refractivity contribution is 6.29. The lowest BCUT2D eigenvalue weighted by Crippen LogP contribution is -2.05. The second-order valence-corrected chi connectivity index (χ2v) is 7.83. The molecule has 31 heavy (non-hydrogen) atoms. The van der Waals surface area contributed by atoms with Crippen LogP contribution in [-0.2, 0) is 7.05 Å². The SMILES string of the molecule is Cc1cc(-c2cc3ccc(=O)[nH]c3nc2-c2cc3cc(C#N)ccc3n2C)cc(Cl)n1. The lowest BCUT2D eigenvalue weighted by molar-refractivity contribution is 0.971. The Morgan fingerprint density at radius 2 is 1.87 bits per heavy atom. The van der Waals surface area contributed by atoms with Gasteiger partial charge >= 0.3 is 0 Å². The topological polar surface area (TPSA) is 87.4 Å². The summed E-state index contributed by atoms with van der Waals surface area (Å²) in [6.07, 6.45) is 0. The average Bonchev–Trinajstić information content (AvgIpc) is 3.07. The quantitative estimate of drug-likeness (QED) is 0.404. The Balaban J connectivity index is 1.87. The maximum atomic E-state index is 11.9. The molecule has 1 aromatic carbocycles. The number of aromatic nitrogens is 4. The van der Waals surface area contributed by atoms with Crippen LogP contribution in [0.5, 0.6) is 0 Å². The predicted molar refractivity (Wildman–Crippen MR) is 122 cm³/mol. The number of rotatable bonds is 2. The van der Waals surface area contributed by atoms with Gasteiger partial charge in [-0.3, -0.25) is 4.79 Å². The zero-order chi connectivity index (χ0) is 21.7. The van der Waals surface area contributed by atoms with Crippen molar-refractivity contribution in [3.63, 3.8) is 0 Å². The van der Waals surface area contributed by atoms with Crippen molar-refractivity contribution < 1.29 is 0 Å². The van der Waals surface area contributed by atoms with Gasteiger partial charge in [0.15, 0.2) is 0 Å². The Morgan fingerprint density at radius 1 is 1.03 bits per heavy atom. The van der Waals surface area contributed by atoms with Gasteiger partial charge in [-0.25, -0.2) is 9.97 Å². The molecule has 0 unspecified atom stereocenters. The molecule has 0 aliphatic carbocycles. The monoisotopic (exact) mass is 425 g/mol. The fraction of sp³-hybridized carbons (Fsp3) is 0.0833. The molecule has 0 atom stereocenters. The van der Waals surface area contributed by atoms with Crippen LogP contribution >= 0.6 is 11.6 Å². The van der Waals surface area contributed by atoms with Crippen LogP contribution in [0.25, 0.3) is 44.5 Å². The number of nitrogens with one attached hydrogen (secondary N) is 1. The third-order valence-electron chi connectivity index (χ3n) is 5.36. The number of benzene rings is 1. The molecule has 0 aliphatic heterocycles. The fourth-order valence-corrected chi connectivity index (χ4v) is 4.18. The molecule has 4 aromatic heterocycles. The molecule has 0 saturated heterocycles. The molecule has 7 heteroatoms. The van der Waals surface area contributed by atoms with Gasteiger partial charge in [-0.15, -0.1) is 0 Å². The van der Waals surface area contributed by atoms with Crippen molar-refractivity contribution in [2.75, 3.05) is 0 Å². The van der Waals surface area contributed by atoms with Crippen molar-refractivity contribution in [3.05, 3.63) is 81.4 Å². The zero-order valence-corrected chi connectivity index (χ0v) is 17.5. The summed E-state index contributed by atoms with van der Waals surface area (Å²) in [7, 11) is 1.96. The predicted octanol–water partition coefficient (Wildman–Crippen LogP) is 4.98. The van der Waals surface area contributed by atoms with Crippen LogP contribution < -0.4 is 5.56 Å². The molecule has 6 nitrogen and oxygen atoms in total. The second-order valence-electron chi connectivity index (χ2n) is 7.44. The summed E-state index contributed by atoms with van der Waals surface area (Å²) in [6.45, 7) is 1.89. The molecule has 5 aromatic rings.